The molecule has 6 heterocycles. The molecule has 0 saturated carbocycles. The fourth-order valence-electron chi connectivity index (χ4n) is 10.1. The van der Waals surface area contributed by atoms with Crippen molar-refractivity contribution in [2.45, 2.75) is 0 Å². The van der Waals surface area contributed by atoms with Gasteiger partial charge in [-0.1, -0.05) is 132 Å². The van der Waals surface area contributed by atoms with E-state index in [4.69, 9.17) is 25.2 Å². The summed E-state index contributed by atoms with van der Waals surface area (Å²) in [6, 6.07) is 78.1. The SMILES string of the molecule is Brc1cccc(N(c2ccccc2)c2cccc(Br)n2)n1.CO.Fc1c[c-]c(-c2cccc(N(c3ccccc3)c3cccc(-c4[c-]cc(F)cc4F)n3)n2)c(F)c1.Fc1ccc(-c2cccc(N(c3ccccc3)c3cccc(-c4ccc(F)cc4F)n3)n2)c(F)c1.O=CO[O-].OB(O)c1ccc(F)cc1F.[H-].[K+].[K+].[Pt+2]. The van der Waals surface area contributed by atoms with Gasteiger partial charge in [0.05, 0.1) is 11.4 Å². The summed E-state index contributed by atoms with van der Waals surface area (Å²) in [6.07, 6.45) is 0. The van der Waals surface area contributed by atoms with E-state index in [1.54, 1.807) is 82.6 Å². The van der Waals surface area contributed by atoms with Crippen LogP contribution in [0.1, 0.15) is 1.43 Å². The van der Waals surface area contributed by atoms with E-state index in [9.17, 15) is 43.9 Å². The van der Waals surface area contributed by atoms with E-state index in [1.807, 2.05) is 132 Å². The maximum atomic E-state index is 14.5. The van der Waals surface area contributed by atoms with Crippen LogP contribution in [0, 0.1) is 70.3 Å². The van der Waals surface area contributed by atoms with Crippen molar-refractivity contribution in [1.29, 1.82) is 0 Å². The van der Waals surface area contributed by atoms with Gasteiger partial charge < -0.3 is 26.7 Å². The Labute approximate surface area is 748 Å². The number of carbonyl (C=O) groups is 1. The van der Waals surface area contributed by atoms with Crippen LogP contribution in [0.3, 0.4) is 0 Å². The number of carbonyl (C=O) groups excluding carboxylic acids is 1. The second-order valence-electron chi connectivity index (χ2n) is 21.7. The van der Waals surface area contributed by atoms with Gasteiger partial charge in [-0.2, -0.15) is 0 Å². The van der Waals surface area contributed by atoms with Crippen molar-refractivity contribution < 1.29 is 199 Å². The molecule has 14 aromatic rings. The van der Waals surface area contributed by atoms with Crippen LogP contribution < -0.4 is 128 Å². The zero-order valence-corrected chi connectivity index (χ0v) is 69.8. The normalized spacial score (nSPS) is 10.0. The maximum Gasteiger partial charge on any atom is 2.00 e. The van der Waals surface area contributed by atoms with Crippen molar-refractivity contribution in [3.63, 3.8) is 0 Å². The summed E-state index contributed by atoms with van der Waals surface area (Å²) >= 11 is 6.85. The average Bonchev–Trinajstić information content (AvgIpc) is 0.792. The third-order valence-electron chi connectivity index (χ3n) is 14.7. The van der Waals surface area contributed by atoms with E-state index in [2.05, 4.69) is 78.8 Å². The van der Waals surface area contributed by atoms with Gasteiger partial charge in [-0.15, -0.1) is 24.3 Å². The minimum absolute atomic E-state index is 0. The Bertz CT molecular complexity index is 4890. The largest absolute Gasteiger partial charge is 2.00 e. The number of nitrogens with zero attached hydrogens (tertiary/aromatic N) is 9. The Morgan fingerprint density at radius 1 is 0.378 bits per heavy atom. The van der Waals surface area contributed by atoms with Gasteiger partial charge >= 0.3 is 131 Å². The van der Waals surface area contributed by atoms with Gasteiger partial charge in [-0.3, -0.25) is 47.0 Å². The Balaban J connectivity index is 0.000000273. The van der Waals surface area contributed by atoms with Crippen LogP contribution in [0.4, 0.5) is 95.9 Å². The third-order valence-corrected chi connectivity index (χ3v) is 15.6. The zero-order chi connectivity index (χ0) is 77.2. The molecule has 0 spiro atoms. The number of aromatic nitrogens is 6. The zero-order valence-electron chi connectivity index (χ0n) is 59.2. The van der Waals surface area contributed by atoms with Crippen LogP contribution in [-0.4, -0.2) is 65.8 Å². The second-order valence-corrected chi connectivity index (χ2v) is 23.4. The molecular formula is C80H54BBr2F10K2N9O6Pt. The molecule has 0 unspecified atom stereocenters. The van der Waals surface area contributed by atoms with E-state index >= 15 is 0 Å². The van der Waals surface area contributed by atoms with Crippen molar-refractivity contribution in [1.82, 2.24) is 29.9 Å². The molecule has 0 fully saturated rings. The number of pyridine rings is 6. The number of para-hydroxylation sites is 3. The number of benzene rings is 8. The standard InChI is InChI=1S/C28H17F4N3.C28H15F4N3.C16H11Br2N3.C6H5BF2O2.CH2O3.CH4O.2K.Pt.H/c2*29-18-12-14-21(23(31)16-18)25-8-4-10-27(33-25)35(20-6-2-1-3-7-20)28-11-5-9-26(34-28)22-15-13-19(30)17-24(22)32;17-13-8-4-10-15(19-13)21(12-6-2-1-3-7-12)16-11-5-9-14(18)20-16;8-4-1-2-5(7(10)11)6(9)3-4;2-1-4-3;1-2;;;;/h1-17H;1-13,16-17H;1-11H;1-3,10-11H;1,3H;2H,1H3;;;;/q;-2;;;;;2*+1;+2;-1/p-1. The summed E-state index contributed by atoms with van der Waals surface area (Å²) in [7, 11) is -0.893. The summed E-state index contributed by atoms with van der Waals surface area (Å²) in [5.74, 6) is -4.34. The van der Waals surface area contributed by atoms with Gasteiger partial charge in [-0.05, 0) is 171 Å². The van der Waals surface area contributed by atoms with E-state index in [1.165, 1.54) is 24.3 Å². The topological polar surface area (TPSA) is 197 Å². The summed E-state index contributed by atoms with van der Waals surface area (Å²) in [5.41, 5.74) is 3.52. The fraction of sp³-hybridized carbons (Fsp3) is 0.0125. The molecule has 0 amide bonds. The maximum absolute atomic E-state index is 14.5. The van der Waals surface area contributed by atoms with Gasteiger partial charge in [0.1, 0.15) is 79.0 Å². The number of halogens is 12. The number of anilines is 9. The quantitative estimate of drug-likeness (QED) is 0.0167. The first kappa shape index (κ1) is 91.5. The van der Waals surface area contributed by atoms with Crippen LogP contribution in [-0.2, 0) is 30.7 Å². The van der Waals surface area contributed by atoms with Crippen molar-refractivity contribution in [2.24, 2.45) is 0 Å². The average molecular weight is 1870 g/mol. The fourth-order valence-corrected chi connectivity index (χ4v) is 10.7. The molecule has 0 radical (unpaired) electrons. The van der Waals surface area contributed by atoms with Crippen LogP contribution in [0.2, 0.25) is 0 Å². The van der Waals surface area contributed by atoms with E-state index in [0.29, 0.717) is 52.1 Å². The molecule has 8 aromatic carbocycles. The first-order valence-electron chi connectivity index (χ1n) is 31.6. The van der Waals surface area contributed by atoms with E-state index in [-0.39, 0.29) is 171 Å². The van der Waals surface area contributed by atoms with Crippen LogP contribution in [0.15, 0.2) is 288 Å². The first-order chi connectivity index (χ1) is 52.2. The van der Waals surface area contributed by atoms with Crippen molar-refractivity contribution >= 4 is 103 Å². The van der Waals surface area contributed by atoms with Gasteiger partial charge in [0.15, 0.2) is 0 Å². The summed E-state index contributed by atoms with van der Waals surface area (Å²) in [6.45, 7) is -0.181. The Kier molecular flexibility index (Phi) is 37.9. The number of hydrogen-bond acceptors (Lipinski definition) is 15. The van der Waals surface area contributed by atoms with E-state index in [0.717, 1.165) is 82.2 Å². The monoisotopic (exact) mass is 1870 g/mol. The number of aliphatic hydroxyl groups excluding tert-OH is 1. The third kappa shape index (κ3) is 25.8. The molecule has 554 valence electrons. The molecule has 6 aromatic heterocycles. The van der Waals surface area contributed by atoms with Gasteiger partial charge in [0, 0.05) is 82.2 Å². The molecule has 0 aliphatic rings. The Morgan fingerprint density at radius 2 is 0.658 bits per heavy atom. The molecule has 0 bridgehead atoms. The summed E-state index contributed by atoms with van der Waals surface area (Å²) in [5, 5.41) is 32.4. The van der Waals surface area contributed by atoms with Crippen LogP contribution >= 0.6 is 31.9 Å². The van der Waals surface area contributed by atoms with Gasteiger partial charge in [0.2, 0.25) is 0 Å². The molecule has 31 heteroatoms. The molecular weight excluding hydrogens is 1820 g/mol. The van der Waals surface area contributed by atoms with Crippen molar-refractivity contribution in [3.05, 3.63) is 359 Å². The number of aliphatic hydroxyl groups is 1. The smallest absolute Gasteiger partial charge is 1.00 e. The molecule has 0 aliphatic carbocycles. The molecule has 0 saturated heterocycles. The predicted molar refractivity (Wildman–Crippen MR) is 397 cm³/mol. The molecule has 3 N–H and O–H groups in total. The van der Waals surface area contributed by atoms with Crippen LogP contribution in [0.5, 0.6) is 0 Å². The molecule has 111 heavy (non-hydrogen) atoms. The summed E-state index contributed by atoms with van der Waals surface area (Å²) < 4.78 is 138. The number of rotatable bonds is 15. The first-order valence-corrected chi connectivity index (χ1v) is 33.2. The molecule has 14 rings (SSSR count). The molecule has 0 aliphatic heterocycles. The Hall–Kier alpha value is -8.34. The summed E-state index contributed by atoms with van der Waals surface area (Å²) in [4.78, 5) is 44.2. The van der Waals surface area contributed by atoms with Gasteiger partial charge in [0.25, 0.3) is 6.47 Å². The Morgan fingerprint density at radius 3 is 0.946 bits per heavy atom. The van der Waals surface area contributed by atoms with Crippen molar-refractivity contribution in [3.8, 4) is 45.0 Å². The van der Waals surface area contributed by atoms with E-state index < -0.39 is 65.3 Å². The minimum atomic E-state index is -1.89. The minimum Gasteiger partial charge on any atom is -1.00 e. The molecule has 15 nitrogen and oxygen atoms in total. The van der Waals surface area contributed by atoms with Crippen LogP contribution in [0.25, 0.3) is 45.0 Å². The molecule has 0 atom stereocenters. The number of hydrogen-bond donors (Lipinski definition) is 3. The second kappa shape index (κ2) is 46.0. The van der Waals surface area contributed by atoms with Crippen molar-refractivity contribution in [2.75, 3.05) is 21.8 Å². The predicted octanol–water partition coefficient (Wildman–Crippen LogP) is 12.6. The van der Waals surface area contributed by atoms with Gasteiger partial charge in [-0.25, -0.2) is 46.3 Å².